The Kier molecular flexibility index (Phi) is 3.89. The molecule has 118 valence electrons. The summed E-state index contributed by atoms with van der Waals surface area (Å²) in [6.07, 6.45) is 2.50. The molecule has 1 aromatic carbocycles. The minimum Gasteiger partial charge on any atom is -0.496 e. The average Bonchev–Trinajstić information content (AvgIpc) is 3.04. The van der Waals surface area contributed by atoms with Gasteiger partial charge in [0.1, 0.15) is 5.75 Å². The number of fused-ring (bicyclic) bond motifs is 1. The Morgan fingerprint density at radius 2 is 2.23 bits per heavy atom. The maximum absolute atomic E-state index is 12.7. The molecule has 1 heterocycles. The number of carboxylic acids is 1. The molecule has 1 N–H and O–H groups in total. The van der Waals surface area contributed by atoms with Crippen LogP contribution in [0.25, 0.3) is 0 Å². The summed E-state index contributed by atoms with van der Waals surface area (Å²) in [5.74, 6) is -0.132. The number of nitrogens with zero attached hydrogens (tertiary/aromatic N) is 1. The Morgan fingerprint density at radius 3 is 2.82 bits per heavy atom. The summed E-state index contributed by atoms with van der Waals surface area (Å²) in [6.45, 7) is 0.851. The fourth-order valence-electron chi connectivity index (χ4n) is 3.78. The summed E-state index contributed by atoms with van der Waals surface area (Å²) < 4.78 is 5.88. The summed E-state index contributed by atoms with van der Waals surface area (Å²) in [5, 5.41) is 9.59. The second kappa shape index (κ2) is 5.57. The van der Waals surface area contributed by atoms with Crippen LogP contribution in [0.4, 0.5) is 0 Å². The number of hydrogen-bond acceptors (Lipinski definition) is 3. The third kappa shape index (κ3) is 2.29. The number of benzene rings is 1. The first-order valence-corrected chi connectivity index (χ1v) is 8.13. The van der Waals surface area contributed by atoms with Crippen molar-refractivity contribution in [2.75, 3.05) is 20.2 Å². The lowest BCUT2D eigenvalue weighted by molar-refractivity contribution is -0.149. The first-order chi connectivity index (χ1) is 10.5. The van der Waals surface area contributed by atoms with E-state index in [4.69, 9.17) is 4.74 Å². The maximum Gasteiger partial charge on any atom is 0.311 e. The number of halogens is 1. The molecule has 2 fully saturated rings. The fraction of sp³-hybridized carbons (Fsp3) is 0.500. The van der Waals surface area contributed by atoms with E-state index in [-0.39, 0.29) is 11.8 Å². The van der Waals surface area contributed by atoms with E-state index in [0.29, 0.717) is 35.3 Å². The van der Waals surface area contributed by atoms with Crippen LogP contribution in [0.2, 0.25) is 0 Å². The normalized spacial score (nSPS) is 26.8. The van der Waals surface area contributed by atoms with Crippen molar-refractivity contribution >= 4 is 27.8 Å². The van der Waals surface area contributed by atoms with Crippen LogP contribution in [0.15, 0.2) is 22.7 Å². The molecule has 0 bridgehead atoms. The van der Waals surface area contributed by atoms with Crippen molar-refractivity contribution in [1.29, 1.82) is 0 Å². The number of carbonyl (C=O) groups is 2. The summed E-state index contributed by atoms with van der Waals surface area (Å²) in [7, 11) is 1.57. The summed E-state index contributed by atoms with van der Waals surface area (Å²) in [6, 6.07) is 5.18. The molecule has 1 aliphatic carbocycles. The van der Waals surface area contributed by atoms with Crippen LogP contribution in [0, 0.1) is 11.3 Å². The van der Waals surface area contributed by atoms with Gasteiger partial charge in [0.2, 0.25) is 0 Å². The Balaban J connectivity index is 1.82. The monoisotopic (exact) mass is 367 g/mol. The molecule has 6 heteroatoms. The van der Waals surface area contributed by atoms with Gasteiger partial charge < -0.3 is 14.7 Å². The molecule has 3 rings (SSSR count). The molecule has 1 amide bonds. The van der Waals surface area contributed by atoms with Crippen LogP contribution in [0.5, 0.6) is 5.75 Å². The molecule has 22 heavy (non-hydrogen) atoms. The molecular formula is C16H18BrNO4. The lowest BCUT2D eigenvalue weighted by Crippen LogP contribution is -2.37. The Bertz CT molecular complexity index is 633. The first-order valence-electron chi connectivity index (χ1n) is 7.34. The molecule has 5 nitrogen and oxygen atoms in total. The number of ether oxygens (including phenoxy) is 1. The molecule has 0 radical (unpaired) electrons. The maximum atomic E-state index is 12.7. The molecule has 1 aromatic rings. The van der Waals surface area contributed by atoms with Crippen molar-refractivity contribution in [2.45, 2.75) is 19.3 Å². The summed E-state index contributed by atoms with van der Waals surface area (Å²) in [5.41, 5.74) is -0.187. The molecule has 1 saturated carbocycles. The van der Waals surface area contributed by atoms with Crippen LogP contribution in [-0.4, -0.2) is 42.1 Å². The Morgan fingerprint density at radius 1 is 1.45 bits per heavy atom. The van der Waals surface area contributed by atoms with Crippen molar-refractivity contribution in [3.8, 4) is 5.75 Å². The van der Waals surface area contributed by atoms with Gasteiger partial charge in [-0.25, -0.2) is 0 Å². The van der Waals surface area contributed by atoms with Crippen molar-refractivity contribution in [2.24, 2.45) is 11.3 Å². The SMILES string of the molecule is COc1ccc(C(=O)N2C[C@@H]3CCC[C@@]3(C(=O)O)C2)cc1Br. The zero-order chi connectivity index (χ0) is 15.9. The molecule has 0 unspecified atom stereocenters. The minimum atomic E-state index is -0.763. The van der Waals surface area contributed by atoms with Gasteiger partial charge in [0, 0.05) is 18.7 Å². The lowest BCUT2D eigenvalue weighted by atomic mass is 9.81. The molecule has 0 spiro atoms. The van der Waals surface area contributed by atoms with E-state index in [1.807, 2.05) is 0 Å². The second-order valence-corrected chi connectivity index (χ2v) is 6.94. The van der Waals surface area contributed by atoms with Gasteiger partial charge in [0.15, 0.2) is 0 Å². The van der Waals surface area contributed by atoms with Crippen molar-refractivity contribution in [3.63, 3.8) is 0 Å². The third-order valence-corrected chi connectivity index (χ3v) is 5.60. The number of amides is 1. The number of carboxylic acid groups (broad SMARTS) is 1. The Labute approximate surface area is 137 Å². The highest BCUT2D eigenvalue weighted by Crippen LogP contribution is 2.49. The van der Waals surface area contributed by atoms with Crippen molar-refractivity contribution in [3.05, 3.63) is 28.2 Å². The van der Waals surface area contributed by atoms with Crippen molar-refractivity contribution < 1.29 is 19.4 Å². The van der Waals surface area contributed by atoms with Gasteiger partial charge in [-0.1, -0.05) is 6.42 Å². The van der Waals surface area contributed by atoms with E-state index in [0.717, 1.165) is 12.8 Å². The third-order valence-electron chi connectivity index (χ3n) is 4.98. The molecular weight excluding hydrogens is 350 g/mol. The van der Waals surface area contributed by atoms with Crippen LogP contribution in [0.1, 0.15) is 29.6 Å². The van der Waals surface area contributed by atoms with Gasteiger partial charge in [-0.15, -0.1) is 0 Å². The highest BCUT2D eigenvalue weighted by atomic mass is 79.9. The summed E-state index contributed by atoms with van der Waals surface area (Å²) in [4.78, 5) is 26.0. The smallest absolute Gasteiger partial charge is 0.311 e. The second-order valence-electron chi connectivity index (χ2n) is 6.09. The van der Waals surface area contributed by atoms with E-state index >= 15 is 0 Å². The standard InChI is InChI=1S/C16H18BrNO4/c1-22-13-5-4-10(7-12(13)17)14(19)18-8-11-3-2-6-16(11,9-18)15(20)21/h4-5,7,11H,2-3,6,8-9H2,1H3,(H,20,21)/t11-,16+/m0/s1. The van der Waals surface area contributed by atoms with E-state index in [1.165, 1.54) is 0 Å². The highest BCUT2D eigenvalue weighted by Gasteiger charge is 2.55. The van der Waals surface area contributed by atoms with Crippen molar-refractivity contribution in [1.82, 2.24) is 4.90 Å². The average molecular weight is 368 g/mol. The number of likely N-dealkylation sites (tertiary alicyclic amines) is 1. The van der Waals surface area contributed by atoms with Gasteiger partial charge >= 0.3 is 5.97 Å². The van der Waals surface area contributed by atoms with Gasteiger partial charge in [0.25, 0.3) is 5.91 Å². The van der Waals surface area contributed by atoms with E-state index in [1.54, 1.807) is 30.2 Å². The topological polar surface area (TPSA) is 66.8 Å². The molecule has 2 aliphatic rings. The number of aliphatic carboxylic acids is 1. The number of carbonyl (C=O) groups excluding carboxylic acids is 1. The Hall–Kier alpha value is -1.56. The minimum absolute atomic E-state index is 0.0793. The molecule has 1 saturated heterocycles. The zero-order valence-electron chi connectivity index (χ0n) is 12.3. The largest absolute Gasteiger partial charge is 0.496 e. The fourth-order valence-corrected chi connectivity index (χ4v) is 4.32. The first kappa shape index (κ1) is 15.3. The van der Waals surface area contributed by atoms with Gasteiger partial charge in [-0.2, -0.15) is 0 Å². The predicted molar refractivity (Wildman–Crippen MR) is 84.0 cm³/mol. The van der Waals surface area contributed by atoms with E-state index < -0.39 is 11.4 Å². The molecule has 2 atom stereocenters. The predicted octanol–water partition coefficient (Wildman–Crippen LogP) is 2.78. The lowest BCUT2D eigenvalue weighted by Gasteiger charge is -2.23. The van der Waals surface area contributed by atoms with E-state index in [9.17, 15) is 14.7 Å². The number of rotatable bonds is 3. The van der Waals surface area contributed by atoms with Crippen LogP contribution < -0.4 is 4.74 Å². The number of methoxy groups -OCH3 is 1. The van der Waals surface area contributed by atoms with E-state index in [2.05, 4.69) is 15.9 Å². The van der Waals surface area contributed by atoms with Crippen LogP contribution in [0.3, 0.4) is 0 Å². The van der Waals surface area contributed by atoms with Crippen LogP contribution >= 0.6 is 15.9 Å². The van der Waals surface area contributed by atoms with Gasteiger partial charge in [-0.05, 0) is 52.9 Å². The highest BCUT2D eigenvalue weighted by molar-refractivity contribution is 9.10. The van der Waals surface area contributed by atoms with Gasteiger partial charge in [0.05, 0.1) is 17.0 Å². The quantitative estimate of drug-likeness (QED) is 0.891. The van der Waals surface area contributed by atoms with Gasteiger partial charge in [-0.3, -0.25) is 9.59 Å². The summed E-state index contributed by atoms with van der Waals surface area (Å²) >= 11 is 3.38. The molecule has 0 aromatic heterocycles. The number of hydrogen-bond donors (Lipinski definition) is 1. The molecule has 1 aliphatic heterocycles. The van der Waals surface area contributed by atoms with Crippen LogP contribution in [-0.2, 0) is 4.79 Å². The zero-order valence-corrected chi connectivity index (χ0v) is 13.9.